The summed E-state index contributed by atoms with van der Waals surface area (Å²) in [5.74, 6) is -0.0906. The van der Waals surface area contributed by atoms with Crippen molar-refractivity contribution in [3.63, 3.8) is 0 Å². The van der Waals surface area contributed by atoms with Crippen molar-refractivity contribution in [1.29, 1.82) is 0 Å². The van der Waals surface area contributed by atoms with Gasteiger partial charge in [-0.1, -0.05) is 35.0 Å². The molecule has 2 aromatic heterocycles. The van der Waals surface area contributed by atoms with Crippen LogP contribution in [0.25, 0.3) is 22.6 Å². The number of aryl methyl sites for hydroxylation is 1. The molecule has 0 radical (unpaired) electrons. The van der Waals surface area contributed by atoms with Gasteiger partial charge in [0, 0.05) is 5.56 Å². The van der Waals surface area contributed by atoms with E-state index in [0.717, 1.165) is 11.1 Å². The van der Waals surface area contributed by atoms with Crippen LogP contribution in [-0.2, 0) is 14.2 Å². The summed E-state index contributed by atoms with van der Waals surface area (Å²) in [6.45, 7) is 5.46. The summed E-state index contributed by atoms with van der Waals surface area (Å²) in [6.07, 6.45) is -2.09. The smallest absolute Gasteiger partial charge is 0.187 e. The molecule has 2 saturated heterocycles. The molecule has 0 spiro atoms. The lowest BCUT2D eigenvalue weighted by atomic mass is 10.1. The maximum atomic E-state index is 9.72. The molecule has 2 aliphatic heterocycles. The first-order chi connectivity index (χ1) is 13.9. The first-order valence-electron chi connectivity index (χ1n) is 9.44. The van der Waals surface area contributed by atoms with E-state index < -0.39 is 30.3 Å². The van der Waals surface area contributed by atoms with Gasteiger partial charge >= 0.3 is 0 Å². The van der Waals surface area contributed by atoms with E-state index in [1.165, 1.54) is 4.68 Å². The summed E-state index contributed by atoms with van der Waals surface area (Å²) in [6, 6.07) is 7.84. The average Bonchev–Trinajstić information content (AvgIpc) is 3.33. The van der Waals surface area contributed by atoms with E-state index >= 15 is 0 Å². The van der Waals surface area contributed by atoms with Gasteiger partial charge in [-0.2, -0.15) is 4.68 Å². The van der Waals surface area contributed by atoms with Gasteiger partial charge in [0.2, 0.25) is 0 Å². The highest BCUT2D eigenvalue weighted by Crippen LogP contribution is 2.43. The van der Waals surface area contributed by atoms with Crippen molar-refractivity contribution in [1.82, 2.24) is 25.0 Å². The van der Waals surface area contributed by atoms with Crippen LogP contribution in [0.5, 0.6) is 0 Å². The fourth-order valence-corrected chi connectivity index (χ4v) is 3.86. The van der Waals surface area contributed by atoms with E-state index in [9.17, 15) is 5.11 Å². The van der Waals surface area contributed by atoms with E-state index in [1.807, 2.05) is 45.0 Å². The number of nitrogen functional groups attached to an aromatic ring is 1. The van der Waals surface area contributed by atoms with Gasteiger partial charge in [0.15, 0.2) is 34.8 Å². The minimum atomic E-state index is -0.789. The van der Waals surface area contributed by atoms with E-state index in [2.05, 4.69) is 20.3 Å². The third-order valence-electron chi connectivity index (χ3n) is 5.21. The first kappa shape index (κ1) is 18.4. The number of aliphatic hydroxyl groups excluding tert-OH is 1. The van der Waals surface area contributed by atoms with Gasteiger partial charge in [0.1, 0.15) is 18.3 Å². The van der Waals surface area contributed by atoms with Crippen molar-refractivity contribution in [2.45, 2.75) is 51.1 Å². The standard InChI is InChI=1S/C19H22N6O4/c1-9-4-6-10(7-5-9)16-21-15(20)12-17(22-16)25(24-23-12)18-14-13(11(8-26)27-18)28-19(2,3)29-14/h4-7,11,13-14,18,26H,8H2,1-3H3,(H2,20,21,22)/t11-,13-,14-,18-/m1/s1. The topological polar surface area (TPSA) is 130 Å². The van der Waals surface area contributed by atoms with E-state index in [-0.39, 0.29) is 12.4 Å². The molecular weight excluding hydrogens is 376 g/mol. The lowest BCUT2D eigenvalue weighted by Crippen LogP contribution is -2.31. The Morgan fingerprint density at radius 1 is 1.14 bits per heavy atom. The second kappa shape index (κ2) is 6.42. The van der Waals surface area contributed by atoms with Crippen LogP contribution in [0, 0.1) is 6.92 Å². The molecule has 3 aromatic rings. The molecule has 10 nitrogen and oxygen atoms in total. The number of hydrogen-bond acceptors (Lipinski definition) is 9. The number of aromatic nitrogens is 5. The molecule has 29 heavy (non-hydrogen) atoms. The zero-order valence-electron chi connectivity index (χ0n) is 16.3. The van der Waals surface area contributed by atoms with Gasteiger partial charge in [-0.15, -0.1) is 5.10 Å². The Kier molecular flexibility index (Phi) is 4.07. The fraction of sp³-hybridized carbons (Fsp3) is 0.474. The van der Waals surface area contributed by atoms with Crippen LogP contribution < -0.4 is 5.73 Å². The Labute approximate surface area is 166 Å². The molecule has 152 valence electrons. The minimum Gasteiger partial charge on any atom is -0.394 e. The lowest BCUT2D eigenvalue weighted by molar-refractivity contribution is -0.201. The van der Waals surface area contributed by atoms with Gasteiger partial charge in [0.25, 0.3) is 0 Å². The zero-order chi connectivity index (χ0) is 20.3. The normalized spacial score (nSPS) is 28.1. The summed E-state index contributed by atoms with van der Waals surface area (Å²) >= 11 is 0. The van der Waals surface area contributed by atoms with Crippen molar-refractivity contribution in [3.8, 4) is 11.4 Å². The predicted octanol–water partition coefficient (Wildman–Crippen LogP) is 1.19. The first-order valence-corrected chi connectivity index (χ1v) is 9.44. The monoisotopic (exact) mass is 398 g/mol. The maximum Gasteiger partial charge on any atom is 0.187 e. The van der Waals surface area contributed by atoms with Gasteiger partial charge in [-0.3, -0.25) is 0 Å². The molecule has 4 atom stereocenters. The highest BCUT2D eigenvalue weighted by atomic mass is 16.8. The number of anilines is 1. The predicted molar refractivity (Wildman–Crippen MR) is 103 cm³/mol. The Hall–Kier alpha value is -2.66. The number of nitrogens with zero attached hydrogens (tertiary/aromatic N) is 5. The van der Waals surface area contributed by atoms with Crippen molar-refractivity contribution in [2.75, 3.05) is 12.3 Å². The highest BCUT2D eigenvalue weighted by Gasteiger charge is 2.56. The molecule has 1 aromatic carbocycles. The molecular formula is C19H22N6O4. The Balaban J connectivity index is 1.59. The summed E-state index contributed by atoms with van der Waals surface area (Å²) in [5, 5.41) is 18.1. The van der Waals surface area contributed by atoms with Crippen LogP contribution in [0.2, 0.25) is 0 Å². The summed E-state index contributed by atoms with van der Waals surface area (Å²) < 4.78 is 19.5. The van der Waals surface area contributed by atoms with Crippen molar-refractivity contribution in [2.24, 2.45) is 0 Å². The van der Waals surface area contributed by atoms with E-state index in [0.29, 0.717) is 17.0 Å². The summed E-state index contributed by atoms with van der Waals surface area (Å²) in [7, 11) is 0. The number of hydrogen-bond donors (Lipinski definition) is 2. The number of ether oxygens (including phenoxy) is 3. The molecule has 2 fully saturated rings. The van der Waals surface area contributed by atoms with E-state index in [1.54, 1.807) is 0 Å². The van der Waals surface area contributed by atoms with Crippen LogP contribution >= 0.6 is 0 Å². The third-order valence-corrected chi connectivity index (χ3v) is 5.21. The number of benzene rings is 1. The number of aliphatic hydroxyl groups is 1. The molecule has 0 saturated carbocycles. The Bertz CT molecular complexity index is 1070. The molecule has 3 N–H and O–H groups in total. The molecule has 0 bridgehead atoms. The van der Waals surface area contributed by atoms with Gasteiger partial charge in [-0.25, -0.2) is 9.97 Å². The van der Waals surface area contributed by atoms with Crippen LogP contribution in [0.3, 0.4) is 0 Å². The largest absolute Gasteiger partial charge is 0.394 e. The number of nitrogens with two attached hydrogens (primary N) is 1. The molecule has 5 rings (SSSR count). The quantitative estimate of drug-likeness (QED) is 0.668. The van der Waals surface area contributed by atoms with Crippen molar-refractivity contribution < 1.29 is 19.3 Å². The van der Waals surface area contributed by atoms with Crippen LogP contribution in [0.15, 0.2) is 24.3 Å². The van der Waals surface area contributed by atoms with Crippen LogP contribution in [0.4, 0.5) is 5.82 Å². The molecule has 2 aliphatic rings. The van der Waals surface area contributed by atoms with Crippen LogP contribution in [0.1, 0.15) is 25.6 Å². The Morgan fingerprint density at radius 2 is 1.86 bits per heavy atom. The fourth-order valence-electron chi connectivity index (χ4n) is 3.86. The summed E-state index contributed by atoms with van der Waals surface area (Å²) in [5.41, 5.74) is 8.92. The average molecular weight is 398 g/mol. The van der Waals surface area contributed by atoms with E-state index in [4.69, 9.17) is 19.9 Å². The van der Waals surface area contributed by atoms with Gasteiger partial charge in [-0.05, 0) is 20.8 Å². The molecule has 4 heterocycles. The Morgan fingerprint density at radius 3 is 2.59 bits per heavy atom. The summed E-state index contributed by atoms with van der Waals surface area (Å²) in [4.78, 5) is 9.03. The van der Waals surface area contributed by atoms with Crippen molar-refractivity contribution in [3.05, 3.63) is 29.8 Å². The van der Waals surface area contributed by atoms with Crippen molar-refractivity contribution >= 4 is 17.0 Å². The number of rotatable bonds is 3. The zero-order valence-corrected chi connectivity index (χ0v) is 16.3. The number of fused-ring (bicyclic) bond motifs is 2. The second-order valence-electron chi connectivity index (χ2n) is 7.82. The third kappa shape index (κ3) is 2.96. The highest BCUT2D eigenvalue weighted by molar-refractivity contribution is 5.83. The maximum absolute atomic E-state index is 9.72. The molecule has 0 aliphatic carbocycles. The molecule has 10 heteroatoms. The second-order valence-corrected chi connectivity index (χ2v) is 7.82. The molecule has 0 unspecified atom stereocenters. The minimum absolute atomic E-state index is 0.199. The van der Waals surface area contributed by atoms with Gasteiger partial charge < -0.3 is 25.1 Å². The lowest BCUT2D eigenvalue weighted by Gasteiger charge is -2.23. The van der Waals surface area contributed by atoms with Crippen LogP contribution in [-0.4, -0.2) is 60.8 Å². The SMILES string of the molecule is Cc1ccc(-c2nc(N)c3nnn([C@@H]4O[C@H](CO)[C@H]5OC(C)(C)O[C@H]54)c3n2)cc1. The van der Waals surface area contributed by atoms with Gasteiger partial charge in [0.05, 0.1) is 6.61 Å². The molecule has 0 amide bonds.